The molecular formula is C24H19Cl2N3O3S. The molecule has 4 aromatic rings. The topological polar surface area (TPSA) is 76.4 Å². The molecule has 2 N–H and O–H groups in total. The lowest BCUT2D eigenvalue weighted by Crippen LogP contribution is -2.34. The molecule has 0 saturated carbocycles. The van der Waals surface area contributed by atoms with Crippen LogP contribution in [0.15, 0.2) is 65.1 Å². The highest BCUT2D eigenvalue weighted by atomic mass is 35.5. The zero-order valence-electron chi connectivity index (χ0n) is 17.5. The molecule has 0 aliphatic carbocycles. The first-order valence-electron chi connectivity index (χ1n) is 10.1. The Morgan fingerprint density at radius 3 is 2.67 bits per heavy atom. The fourth-order valence-electron chi connectivity index (χ4n) is 3.19. The highest BCUT2D eigenvalue weighted by Gasteiger charge is 2.12. The maximum absolute atomic E-state index is 12.4. The first-order valence-corrected chi connectivity index (χ1v) is 11.3. The van der Waals surface area contributed by atoms with Crippen molar-refractivity contribution in [3.8, 4) is 5.75 Å². The highest BCUT2D eigenvalue weighted by molar-refractivity contribution is 7.80. The van der Waals surface area contributed by atoms with E-state index in [9.17, 15) is 4.79 Å². The zero-order chi connectivity index (χ0) is 23.4. The van der Waals surface area contributed by atoms with Crippen LogP contribution in [0, 0.1) is 0 Å². The lowest BCUT2D eigenvalue weighted by molar-refractivity contribution is 0.0977. The third-order valence-corrected chi connectivity index (χ3v) is 5.36. The first-order chi connectivity index (χ1) is 15.9. The molecule has 0 bridgehead atoms. The van der Waals surface area contributed by atoms with Crippen molar-refractivity contribution in [3.63, 3.8) is 0 Å². The highest BCUT2D eigenvalue weighted by Crippen LogP contribution is 2.29. The van der Waals surface area contributed by atoms with Crippen molar-refractivity contribution in [2.75, 3.05) is 11.9 Å². The Labute approximate surface area is 205 Å². The van der Waals surface area contributed by atoms with E-state index in [2.05, 4.69) is 15.6 Å². The molecule has 0 saturated heterocycles. The quantitative estimate of drug-likeness (QED) is 0.305. The molecule has 4 rings (SSSR count). The number of rotatable bonds is 6. The summed E-state index contributed by atoms with van der Waals surface area (Å²) in [6.07, 6.45) is 0.486. The lowest BCUT2D eigenvalue weighted by atomic mass is 10.1. The van der Waals surface area contributed by atoms with Gasteiger partial charge in [0.1, 0.15) is 11.3 Å². The van der Waals surface area contributed by atoms with Gasteiger partial charge in [0.15, 0.2) is 16.6 Å². The number of aromatic nitrogens is 1. The molecular weight excluding hydrogens is 481 g/mol. The van der Waals surface area contributed by atoms with Crippen LogP contribution in [-0.2, 0) is 6.42 Å². The predicted molar refractivity (Wildman–Crippen MR) is 135 cm³/mol. The maximum Gasteiger partial charge on any atom is 0.257 e. The summed E-state index contributed by atoms with van der Waals surface area (Å²) in [4.78, 5) is 16.9. The van der Waals surface area contributed by atoms with Crippen LogP contribution in [0.3, 0.4) is 0 Å². The van der Waals surface area contributed by atoms with Crippen LogP contribution in [-0.4, -0.2) is 22.6 Å². The molecule has 1 amide bonds. The lowest BCUT2D eigenvalue weighted by Gasteiger charge is -2.11. The van der Waals surface area contributed by atoms with Gasteiger partial charge in [0, 0.05) is 22.7 Å². The molecule has 0 aliphatic heterocycles. The van der Waals surface area contributed by atoms with Gasteiger partial charge in [-0.25, -0.2) is 4.98 Å². The SMILES string of the molecule is CCOc1cccc(C(=O)NC(=S)Nc2ccc(Cc3nc4cc(Cl)cc(Cl)c4o3)cc2)c1. The van der Waals surface area contributed by atoms with Gasteiger partial charge in [0.2, 0.25) is 0 Å². The standard InChI is InChI=1S/C24H19Cl2N3O3S/c1-2-31-18-5-3-4-15(11-18)23(30)29-24(33)27-17-8-6-14(7-9-17)10-21-28-20-13-16(25)12-19(26)22(20)32-21/h3-9,11-13H,2,10H2,1H3,(H2,27,29,30,33). The third kappa shape index (κ3) is 5.82. The molecule has 1 aromatic heterocycles. The first kappa shape index (κ1) is 23.0. The number of hydrogen-bond donors (Lipinski definition) is 2. The van der Waals surface area contributed by atoms with Crippen molar-refractivity contribution in [2.24, 2.45) is 0 Å². The molecule has 0 radical (unpaired) electrons. The van der Waals surface area contributed by atoms with Gasteiger partial charge in [-0.05, 0) is 67.2 Å². The van der Waals surface area contributed by atoms with Crippen LogP contribution >= 0.6 is 35.4 Å². The molecule has 33 heavy (non-hydrogen) atoms. The van der Waals surface area contributed by atoms with E-state index in [0.717, 1.165) is 11.3 Å². The molecule has 168 valence electrons. The predicted octanol–water partition coefficient (Wildman–Crippen LogP) is 6.25. The van der Waals surface area contributed by atoms with E-state index in [4.69, 9.17) is 44.6 Å². The molecule has 0 spiro atoms. The smallest absolute Gasteiger partial charge is 0.257 e. The number of amides is 1. The van der Waals surface area contributed by atoms with Crippen LogP contribution in [0.25, 0.3) is 11.1 Å². The van der Waals surface area contributed by atoms with E-state index in [-0.39, 0.29) is 11.0 Å². The minimum absolute atomic E-state index is 0.194. The van der Waals surface area contributed by atoms with Crippen molar-refractivity contribution in [3.05, 3.63) is 87.7 Å². The second-order valence-corrected chi connectivity index (χ2v) is 8.34. The largest absolute Gasteiger partial charge is 0.494 e. The summed E-state index contributed by atoms with van der Waals surface area (Å²) in [5.41, 5.74) is 3.31. The normalized spacial score (nSPS) is 10.8. The number of halogens is 2. The fraction of sp³-hybridized carbons (Fsp3) is 0.125. The number of fused-ring (bicyclic) bond motifs is 1. The number of oxazole rings is 1. The van der Waals surface area contributed by atoms with Crippen molar-refractivity contribution < 1.29 is 13.9 Å². The van der Waals surface area contributed by atoms with Crippen LogP contribution in [0.5, 0.6) is 5.75 Å². The maximum atomic E-state index is 12.4. The van der Waals surface area contributed by atoms with E-state index < -0.39 is 0 Å². The Balaban J connectivity index is 1.36. The molecule has 9 heteroatoms. The molecule has 1 heterocycles. The van der Waals surface area contributed by atoms with E-state index in [0.29, 0.717) is 51.4 Å². The van der Waals surface area contributed by atoms with Crippen molar-refractivity contribution >= 4 is 63.2 Å². The van der Waals surface area contributed by atoms with Crippen molar-refractivity contribution in [1.29, 1.82) is 0 Å². The summed E-state index contributed by atoms with van der Waals surface area (Å²) in [5, 5.41) is 6.80. The second kappa shape index (κ2) is 10.2. The molecule has 6 nitrogen and oxygen atoms in total. The minimum Gasteiger partial charge on any atom is -0.494 e. The molecule has 0 unspecified atom stereocenters. The monoisotopic (exact) mass is 499 g/mol. The van der Waals surface area contributed by atoms with Crippen LogP contribution in [0.4, 0.5) is 5.69 Å². The van der Waals surface area contributed by atoms with Gasteiger partial charge in [0.25, 0.3) is 5.91 Å². The van der Waals surface area contributed by atoms with Crippen molar-refractivity contribution in [1.82, 2.24) is 10.3 Å². The Morgan fingerprint density at radius 1 is 1.12 bits per heavy atom. The van der Waals surface area contributed by atoms with Gasteiger partial charge < -0.3 is 14.5 Å². The Morgan fingerprint density at radius 2 is 1.91 bits per heavy atom. The average molecular weight is 500 g/mol. The van der Waals surface area contributed by atoms with Crippen LogP contribution in [0.1, 0.15) is 28.7 Å². The van der Waals surface area contributed by atoms with Gasteiger partial charge in [-0.15, -0.1) is 0 Å². The molecule has 0 aliphatic rings. The van der Waals surface area contributed by atoms with Gasteiger partial charge in [-0.2, -0.15) is 0 Å². The van der Waals surface area contributed by atoms with Gasteiger partial charge in [-0.3, -0.25) is 10.1 Å². The average Bonchev–Trinajstić information content (AvgIpc) is 3.18. The van der Waals surface area contributed by atoms with Crippen LogP contribution < -0.4 is 15.4 Å². The Kier molecular flexibility index (Phi) is 7.13. The Hall–Kier alpha value is -3.13. The zero-order valence-corrected chi connectivity index (χ0v) is 19.9. The summed E-state index contributed by atoms with van der Waals surface area (Å²) >= 11 is 17.5. The number of carbonyl (C=O) groups is 1. The fourth-order valence-corrected chi connectivity index (χ4v) is 3.93. The van der Waals surface area contributed by atoms with E-state index in [1.165, 1.54) is 0 Å². The number of ether oxygens (including phenoxy) is 1. The second-order valence-electron chi connectivity index (χ2n) is 7.09. The van der Waals surface area contributed by atoms with Gasteiger partial charge in [-0.1, -0.05) is 41.4 Å². The molecule has 0 atom stereocenters. The number of nitrogens with one attached hydrogen (secondary N) is 2. The molecule has 0 fully saturated rings. The number of carbonyl (C=O) groups excluding carboxylic acids is 1. The third-order valence-electron chi connectivity index (χ3n) is 4.66. The van der Waals surface area contributed by atoms with Crippen molar-refractivity contribution in [2.45, 2.75) is 13.3 Å². The van der Waals surface area contributed by atoms with Gasteiger partial charge >= 0.3 is 0 Å². The van der Waals surface area contributed by atoms with Crippen LogP contribution in [0.2, 0.25) is 10.0 Å². The van der Waals surface area contributed by atoms with Gasteiger partial charge in [0.05, 0.1) is 11.6 Å². The Bertz CT molecular complexity index is 1320. The van der Waals surface area contributed by atoms with E-state index in [1.807, 2.05) is 31.2 Å². The number of nitrogens with zero attached hydrogens (tertiary/aromatic N) is 1. The van der Waals surface area contributed by atoms with E-state index >= 15 is 0 Å². The number of thiocarbonyl (C=S) groups is 1. The molecule has 3 aromatic carbocycles. The number of anilines is 1. The minimum atomic E-state index is -0.319. The van der Waals surface area contributed by atoms with E-state index in [1.54, 1.807) is 36.4 Å². The number of hydrogen-bond acceptors (Lipinski definition) is 5. The summed E-state index contributed by atoms with van der Waals surface area (Å²) in [6, 6.07) is 17.8. The summed E-state index contributed by atoms with van der Waals surface area (Å²) in [5.74, 6) is 0.844. The summed E-state index contributed by atoms with van der Waals surface area (Å²) < 4.78 is 11.2. The summed E-state index contributed by atoms with van der Waals surface area (Å²) in [7, 11) is 0. The summed E-state index contributed by atoms with van der Waals surface area (Å²) in [6.45, 7) is 2.41. The number of benzene rings is 3.